The zero-order valence-corrected chi connectivity index (χ0v) is 12.1. The van der Waals surface area contributed by atoms with Gasteiger partial charge in [-0.2, -0.15) is 0 Å². The van der Waals surface area contributed by atoms with Crippen LogP contribution in [0.15, 0.2) is 52.9 Å². The first-order valence-electron chi connectivity index (χ1n) is 7.09. The van der Waals surface area contributed by atoms with E-state index >= 15 is 0 Å². The molecule has 108 valence electrons. The Morgan fingerprint density at radius 1 is 0.952 bits per heavy atom. The van der Waals surface area contributed by atoms with E-state index in [0.717, 1.165) is 10.9 Å². The highest BCUT2D eigenvalue weighted by molar-refractivity contribution is 5.78. The molecule has 1 atom stereocenters. The van der Waals surface area contributed by atoms with Crippen molar-refractivity contribution in [2.45, 2.75) is 25.8 Å². The Hall–Kier alpha value is -2.13. The zero-order chi connectivity index (χ0) is 15.0. The first kappa shape index (κ1) is 13.8. The third kappa shape index (κ3) is 2.69. The zero-order valence-electron chi connectivity index (χ0n) is 12.1. The number of halogens is 1. The molecular formula is C18H18FNO. The van der Waals surface area contributed by atoms with Crippen molar-refractivity contribution in [1.29, 1.82) is 0 Å². The van der Waals surface area contributed by atoms with Crippen molar-refractivity contribution in [1.82, 2.24) is 0 Å². The number of nitrogens with two attached hydrogens (primary N) is 1. The summed E-state index contributed by atoms with van der Waals surface area (Å²) >= 11 is 0. The molecule has 0 aliphatic rings. The lowest BCUT2D eigenvalue weighted by atomic mass is 9.98. The SMILES string of the molecule is CC(C)c1ccc(C(N)c2cc3cc(F)ccc3o2)cc1. The van der Waals surface area contributed by atoms with E-state index in [1.54, 1.807) is 12.1 Å². The lowest BCUT2D eigenvalue weighted by Gasteiger charge is -2.11. The maximum absolute atomic E-state index is 13.2. The minimum Gasteiger partial charge on any atom is -0.459 e. The Morgan fingerprint density at radius 2 is 1.62 bits per heavy atom. The number of furan rings is 1. The summed E-state index contributed by atoms with van der Waals surface area (Å²) in [6, 6.07) is 14.1. The van der Waals surface area contributed by atoms with Gasteiger partial charge in [-0.25, -0.2) is 4.39 Å². The second kappa shape index (κ2) is 5.34. The number of fused-ring (bicyclic) bond motifs is 1. The maximum atomic E-state index is 13.2. The third-order valence-corrected chi connectivity index (χ3v) is 3.77. The molecule has 3 aromatic rings. The van der Waals surface area contributed by atoms with Crippen LogP contribution in [0.2, 0.25) is 0 Å². The fourth-order valence-corrected chi connectivity index (χ4v) is 2.44. The minimum atomic E-state index is -0.346. The monoisotopic (exact) mass is 283 g/mol. The summed E-state index contributed by atoms with van der Waals surface area (Å²) in [6.45, 7) is 4.31. The van der Waals surface area contributed by atoms with Crippen molar-refractivity contribution < 1.29 is 8.81 Å². The van der Waals surface area contributed by atoms with Crippen molar-refractivity contribution in [3.05, 3.63) is 71.2 Å². The molecule has 0 fully saturated rings. The highest BCUT2D eigenvalue weighted by atomic mass is 19.1. The van der Waals surface area contributed by atoms with Gasteiger partial charge in [0.1, 0.15) is 17.2 Å². The van der Waals surface area contributed by atoms with Gasteiger partial charge in [-0.3, -0.25) is 0 Å². The molecule has 0 aliphatic carbocycles. The van der Waals surface area contributed by atoms with Crippen LogP contribution in [0.25, 0.3) is 11.0 Å². The summed E-state index contributed by atoms with van der Waals surface area (Å²) in [4.78, 5) is 0. The molecule has 21 heavy (non-hydrogen) atoms. The lowest BCUT2D eigenvalue weighted by molar-refractivity contribution is 0.524. The fraction of sp³-hybridized carbons (Fsp3) is 0.222. The van der Waals surface area contributed by atoms with Gasteiger partial charge < -0.3 is 10.2 Å². The molecule has 0 spiro atoms. The predicted octanol–water partition coefficient (Wildman–Crippen LogP) is 4.74. The van der Waals surface area contributed by atoms with Gasteiger partial charge in [-0.15, -0.1) is 0 Å². The largest absolute Gasteiger partial charge is 0.459 e. The van der Waals surface area contributed by atoms with Gasteiger partial charge in [0.05, 0.1) is 6.04 Å². The number of benzene rings is 2. The topological polar surface area (TPSA) is 39.2 Å². The van der Waals surface area contributed by atoms with E-state index in [1.807, 2.05) is 12.1 Å². The van der Waals surface area contributed by atoms with Crippen LogP contribution in [0, 0.1) is 5.82 Å². The van der Waals surface area contributed by atoms with Crippen LogP contribution < -0.4 is 5.73 Å². The molecule has 1 unspecified atom stereocenters. The Kier molecular flexibility index (Phi) is 3.52. The molecule has 3 heteroatoms. The predicted molar refractivity (Wildman–Crippen MR) is 82.7 cm³/mol. The van der Waals surface area contributed by atoms with E-state index < -0.39 is 0 Å². The molecule has 0 bridgehead atoms. The van der Waals surface area contributed by atoms with Crippen LogP contribution in [0.1, 0.15) is 42.7 Å². The van der Waals surface area contributed by atoms with Crippen LogP contribution in [0.4, 0.5) is 4.39 Å². The van der Waals surface area contributed by atoms with Crippen LogP contribution in [-0.4, -0.2) is 0 Å². The highest BCUT2D eigenvalue weighted by Crippen LogP contribution is 2.28. The quantitative estimate of drug-likeness (QED) is 0.753. The Balaban J connectivity index is 1.93. The normalized spacial score (nSPS) is 13.0. The molecule has 3 rings (SSSR count). The molecular weight excluding hydrogens is 265 g/mol. The van der Waals surface area contributed by atoms with Gasteiger partial charge in [0.2, 0.25) is 0 Å². The van der Waals surface area contributed by atoms with Gasteiger partial charge in [0.15, 0.2) is 0 Å². The molecule has 2 nitrogen and oxygen atoms in total. The van der Waals surface area contributed by atoms with E-state index in [4.69, 9.17) is 10.2 Å². The van der Waals surface area contributed by atoms with Crippen LogP contribution in [-0.2, 0) is 0 Å². The molecule has 2 aromatic carbocycles. The Morgan fingerprint density at radius 3 is 2.29 bits per heavy atom. The van der Waals surface area contributed by atoms with E-state index in [1.165, 1.54) is 17.7 Å². The van der Waals surface area contributed by atoms with Gasteiger partial charge in [0, 0.05) is 5.39 Å². The Bertz CT molecular complexity index is 758. The van der Waals surface area contributed by atoms with Crippen LogP contribution in [0.3, 0.4) is 0 Å². The standard InChI is InChI=1S/C18H18FNO/c1-11(2)12-3-5-13(6-4-12)18(20)17-10-14-9-15(19)7-8-16(14)21-17/h3-11,18H,20H2,1-2H3. The first-order valence-corrected chi connectivity index (χ1v) is 7.09. The smallest absolute Gasteiger partial charge is 0.134 e. The van der Waals surface area contributed by atoms with Gasteiger partial charge in [-0.1, -0.05) is 38.1 Å². The van der Waals surface area contributed by atoms with Crippen molar-refractivity contribution in [3.8, 4) is 0 Å². The first-order chi connectivity index (χ1) is 10.0. The number of hydrogen-bond acceptors (Lipinski definition) is 2. The summed E-state index contributed by atoms with van der Waals surface area (Å²) in [6.07, 6.45) is 0. The number of rotatable bonds is 3. The summed E-state index contributed by atoms with van der Waals surface area (Å²) in [7, 11) is 0. The lowest BCUT2D eigenvalue weighted by Crippen LogP contribution is -2.10. The van der Waals surface area contributed by atoms with Crippen molar-refractivity contribution >= 4 is 11.0 Å². The van der Waals surface area contributed by atoms with E-state index in [9.17, 15) is 4.39 Å². The van der Waals surface area contributed by atoms with Gasteiger partial charge >= 0.3 is 0 Å². The van der Waals surface area contributed by atoms with Gasteiger partial charge in [-0.05, 0) is 41.3 Å². The molecule has 0 amide bonds. The van der Waals surface area contributed by atoms with Crippen LogP contribution in [0.5, 0.6) is 0 Å². The molecule has 0 saturated heterocycles. The third-order valence-electron chi connectivity index (χ3n) is 3.77. The fourth-order valence-electron chi connectivity index (χ4n) is 2.44. The van der Waals surface area contributed by atoms with Crippen molar-refractivity contribution in [2.24, 2.45) is 5.73 Å². The maximum Gasteiger partial charge on any atom is 0.134 e. The molecule has 0 saturated carbocycles. The Labute approximate surface area is 123 Å². The second-order valence-electron chi connectivity index (χ2n) is 5.63. The summed E-state index contributed by atoms with van der Waals surface area (Å²) in [5.41, 5.74) is 9.17. The summed E-state index contributed by atoms with van der Waals surface area (Å²) < 4.78 is 18.9. The molecule has 1 aromatic heterocycles. The second-order valence-corrected chi connectivity index (χ2v) is 5.63. The van der Waals surface area contributed by atoms with Crippen molar-refractivity contribution in [3.63, 3.8) is 0 Å². The average Bonchev–Trinajstić information content (AvgIpc) is 2.89. The molecule has 2 N–H and O–H groups in total. The molecule has 1 heterocycles. The van der Waals surface area contributed by atoms with E-state index in [-0.39, 0.29) is 11.9 Å². The van der Waals surface area contributed by atoms with E-state index in [0.29, 0.717) is 17.3 Å². The minimum absolute atomic E-state index is 0.273. The number of hydrogen-bond donors (Lipinski definition) is 1. The summed E-state index contributed by atoms with van der Waals surface area (Å²) in [5, 5.41) is 0.735. The van der Waals surface area contributed by atoms with Crippen LogP contribution >= 0.6 is 0 Å². The van der Waals surface area contributed by atoms with Crippen molar-refractivity contribution in [2.75, 3.05) is 0 Å². The average molecular weight is 283 g/mol. The highest BCUT2D eigenvalue weighted by Gasteiger charge is 2.14. The molecule has 0 radical (unpaired) electrons. The summed E-state index contributed by atoms with van der Waals surface area (Å²) in [5.74, 6) is 0.863. The molecule has 0 aliphatic heterocycles. The van der Waals surface area contributed by atoms with E-state index in [2.05, 4.69) is 26.0 Å². The van der Waals surface area contributed by atoms with Gasteiger partial charge in [0.25, 0.3) is 0 Å².